The molecule has 0 saturated carbocycles. The molecule has 0 aliphatic carbocycles. The van der Waals surface area contributed by atoms with Gasteiger partial charge in [-0.25, -0.2) is 4.98 Å². The second-order valence-electron chi connectivity index (χ2n) is 5.16. The Kier molecular flexibility index (Phi) is 3.24. The molecule has 2 heterocycles. The minimum Gasteiger partial charge on any atom is -0.424 e. The summed E-state index contributed by atoms with van der Waals surface area (Å²) in [5, 5.41) is 5.05. The highest BCUT2D eigenvalue weighted by Crippen LogP contribution is 2.32. The van der Waals surface area contributed by atoms with Crippen molar-refractivity contribution in [2.75, 3.05) is 0 Å². The highest BCUT2D eigenvalue weighted by molar-refractivity contribution is 5.74. The van der Waals surface area contributed by atoms with Crippen LogP contribution in [0.15, 0.2) is 67.0 Å². The van der Waals surface area contributed by atoms with Crippen LogP contribution >= 0.6 is 0 Å². The SMILES string of the molecule is Cn1ncc2cnc(Oc3ccccc3-c3ccccc3)nc21. The molecule has 112 valence electrons. The van der Waals surface area contributed by atoms with Gasteiger partial charge >= 0.3 is 6.01 Å². The van der Waals surface area contributed by atoms with Crippen molar-refractivity contribution in [3.8, 4) is 22.9 Å². The number of aryl methyl sites for hydroxylation is 1. The number of ether oxygens (including phenoxy) is 1. The molecule has 0 aliphatic heterocycles. The fourth-order valence-electron chi connectivity index (χ4n) is 2.48. The zero-order valence-electron chi connectivity index (χ0n) is 12.5. The quantitative estimate of drug-likeness (QED) is 0.577. The molecule has 0 saturated heterocycles. The molecule has 0 aliphatic rings. The molecule has 2 aromatic carbocycles. The molecule has 0 N–H and O–H groups in total. The monoisotopic (exact) mass is 302 g/mol. The van der Waals surface area contributed by atoms with E-state index in [1.807, 2.05) is 61.6 Å². The van der Waals surface area contributed by atoms with Gasteiger partial charge in [0.1, 0.15) is 5.75 Å². The molecule has 0 amide bonds. The third-order valence-corrected chi connectivity index (χ3v) is 3.62. The smallest absolute Gasteiger partial charge is 0.324 e. The molecule has 0 spiro atoms. The third kappa shape index (κ3) is 2.53. The maximum absolute atomic E-state index is 5.93. The Bertz CT molecular complexity index is 963. The van der Waals surface area contributed by atoms with E-state index in [0.717, 1.165) is 27.9 Å². The van der Waals surface area contributed by atoms with Crippen LogP contribution in [0.5, 0.6) is 11.8 Å². The number of nitrogens with zero attached hydrogens (tertiary/aromatic N) is 4. The molecule has 0 radical (unpaired) electrons. The largest absolute Gasteiger partial charge is 0.424 e. The minimum atomic E-state index is 0.310. The first-order valence-corrected chi connectivity index (χ1v) is 7.28. The zero-order valence-corrected chi connectivity index (χ0v) is 12.5. The average Bonchev–Trinajstić information content (AvgIpc) is 2.97. The van der Waals surface area contributed by atoms with Gasteiger partial charge in [0.25, 0.3) is 0 Å². The Hall–Kier alpha value is -3.21. The van der Waals surface area contributed by atoms with Gasteiger partial charge in [-0.2, -0.15) is 10.1 Å². The van der Waals surface area contributed by atoms with Crippen molar-refractivity contribution >= 4 is 11.0 Å². The Morgan fingerprint density at radius 2 is 1.70 bits per heavy atom. The van der Waals surface area contributed by atoms with Crippen molar-refractivity contribution in [3.05, 3.63) is 67.0 Å². The molecule has 0 bridgehead atoms. The maximum Gasteiger partial charge on any atom is 0.324 e. The van der Waals surface area contributed by atoms with Crippen LogP contribution in [0.1, 0.15) is 0 Å². The molecule has 5 nitrogen and oxygen atoms in total. The molecular weight excluding hydrogens is 288 g/mol. The summed E-state index contributed by atoms with van der Waals surface area (Å²) in [6, 6.07) is 18.3. The van der Waals surface area contributed by atoms with Crippen LogP contribution in [-0.4, -0.2) is 19.7 Å². The van der Waals surface area contributed by atoms with Crippen molar-refractivity contribution in [1.29, 1.82) is 0 Å². The van der Waals surface area contributed by atoms with Gasteiger partial charge in [-0.3, -0.25) is 4.68 Å². The second-order valence-corrected chi connectivity index (χ2v) is 5.16. The standard InChI is InChI=1S/C18H14N4O/c1-22-17-14(12-20-22)11-19-18(21-17)23-16-10-6-5-9-15(16)13-7-3-2-4-8-13/h2-12H,1H3. The summed E-state index contributed by atoms with van der Waals surface area (Å²) in [6.45, 7) is 0. The van der Waals surface area contributed by atoms with Crippen LogP contribution in [0.4, 0.5) is 0 Å². The highest BCUT2D eigenvalue weighted by Gasteiger charge is 2.10. The van der Waals surface area contributed by atoms with Crippen LogP contribution in [0, 0.1) is 0 Å². The lowest BCUT2D eigenvalue weighted by atomic mass is 10.1. The number of hydrogen-bond donors (Lipinski definition) is 0. The summed E-state index contributed by atoms with van der Waals surface area (Å²) >= 11 is 0. The van der Waals surface area contributed by atoms with Crippen molar-refractivity contribution in [1.82, 2.24) is 19.7 Å². The molecular formula is C18H14N4O. The van der Waals surface area contributed by atoms with Crippen molar-refractivity contribution < 1.29 is 4.74 Å². The van der Waals surface area contributed by atoms with Gasteiger partial charge in [0, 0.05) is 18.8 Å². The molecule has 4 rings (SSSR count). The summed E-state index contributed by atoms with van der Waals surface area (Å²) in [7, 11) is 1.84. The van der Waals surface area contributed by atoms with E-state index in [1.165, 1.54) is 0 Å². The van der Waals surface area contributed by atoms with Crippen LogP contribution < -0.4 is 4.74 Å². The van der Waals surface area contributed by atoms with Crippen LogP contribution in [0.3, 0.4) is 0 Å². The van der Waals surface area contributed by atoms with Gasteiger partial charge in [-0.15, -0.1) is 0 Å². The summed E-state index contributed by atoms with van der Waals surface area (Å²) in [5.74, 6) is 0.722. The summed E-state index contributed by atoms with van der Waals surface area (Å²) in [5.41, 5.74) is 2.83. The van der Waals surface area contributed by atoms with Crippen LogP contribution in [0.2, 0.25) is 0 Å². The van der Waals surface area contributed by atoms with Crippen molar-refractivity contribution in [3.63, 3.8) is 0 Å². The molecule has 0 fully saturated rings. The first kappa shape index (κ1) is 13.5. The van der Waals surface area contributed by atoms with E-state index in [-0.39, 0.29) is 0 Å². The second kappa shape index (κ2) is 5.53. The van der Waals surface area contributed by atoms with Gasteiger partial charge in [-0.1, -0.05) is 48.5 Å². The molecule has 2 aromatic heterocycles. The van der Waals surface area contributed by atoms with E-state index in [0.29, 0.717) is 6.01 Å². The van der Waals surface area contributed by atoms with Crippen LogP contribution in [0.25, 0.3) is 22.2 Å². The number of aromatic nitrogens is 4. The van der Waals surface area contributed by atoms with Crippen molar-refractivity contribution in [2.45, 2.75) is 0 Å². The maximum atomic E-state index is 5.93. The summed E-state index contributed by atoms with van der Waals surface area (Å²) < 4.78 is 7.63. The van der Waals surface area contributed by atoms with Gasteiger partial charge in [0.2, 0.25) is 0 Å². The molecule has 5 heteroatoms. The Labute approximate surface area is 133 Å². The van der Waals surface area contributed by atoms with Gasteiger partial charge in [0.05, 0.1) is 11.6 Å². The summed E-state index contributed by atoms with van der Waals surface area (Å²) in [6.07, 6.45) is 3.45. The van der Waals surface area contributed by atoms with Gasteiger partial charge < -0.3 is 4.74 Å². The third-order valence-electron chi connectivity index (χ3n) is 3.62. The number of rotatable bonds is 3. The first-order chi connectivity index (χ1) is 11.3. The Balaban J connectivity index is 1.75. The van der Waals surface area contributed by atoms with Crippen LogP contribution in [-0.2, 0) is 7.05 Å². The van der Waals surface area contributed by atoms with E-state index in [9.17, 15) is 0 Å². The number of hydrogen-bond acceptors (Lipinski definition) is 4. The van der Waals surface area contributed by atoms with E-state index < -0.39 is 0 Å². The lowest BCUT2D eigenvalue weighted by Gasteiger charge is -2.10. The Morgan fingerprint density at radius 3 is 2.57 bits per heavy atom. The molecule has 0 atom stereocenters. The Morgan fingerprint density at radius 1 is 0.913 bits per heavy atom. The van der Waals surface area contributed by atoms with Crippen molar-refractivity contribution in [2.24, 2.45) is 7.05 Å². The van der Waals surface area contributed by atoms with E-state index >= 15 is 0 Å². The predicted octanol–water partition coefficient (Wildman–Crippen LogP) is 3.82. The number of para-hydroxylation sites is 1. The fourth-order valence-corrected chi connectivity index (χ4v) is 2.48. The zero-order chi connectivity index (χ0) is 15.6. The number of fused-ring (bicyclic) bond motifs is 1. The van der Waals surface area contributed by atoms with E-state index in [2.05, 4.69) is 15.1 Å². The topological polar surface area (TPSA) is 52.8 Å². The average molecular weight is 302 g/mol. The predicted molar refractivity (Wildman–Crippen MR) is 88.3 cm³/mol. The molecule has 4 aromatic rings. The number of benzene rings is 2. The summed E-state index contributed by atoms with van der Waals surface area (Å²) in [4.78, 5) is 8.70. The van der Waals surface area contributed by atoms with Gasteiger partial charge in [-0.05, 0) is 11.6 Å². The minimum absolute atomic E-state index is 0.310. The lowest BCUT2D eigenvalue weighted by Crippen LogP contribution is -1.97. The highest BCUT2D eigenvalue weighted by atomic mass is 16.5. The molecule has 23 heavy (non-hydrogen) atoms. The molecule has 0 unspecified atom stereocenters. The van der Waals surface area contributed by atoms with E-state index in [4.69, 9.17) is 4.74 Å². The first-order valence-electron chi connectivity index (χ1n) is 7.28. The lowest BCUT2D eigenvalue weighted by molar-refractivity contribution is 0.445. The van der Waals surface area contributed by atoms with E-state index in [1.54, 1.807) is 17.1 Å². The fraction of sp³-hybridized carbons (Fsp3) is 0.0556. The normalized spacial score (nSPS) is 10.8. The van der Waals surface area contributed by atoms with Gasteiger partial charge in [0.15, 0.2) is 5.65 Å².